The molecule has 4 rings (SSSR count). The number of primary amides is 1. The van der Waals surface area contributed by atoms with Gasteiger partial charge >= 0.3 is 0 Å². The van der Waals surface area contributed by atoms with Gasteiger partial charge in [0.1, 0.15) is 11.0 Å². The van der Waals surface area contributed by atoms with Gasteiger partial charge in [0.25, 0.3) is 0 Å². The van der Waals surface area contributed by atoms with Gasteiger partial charge in [0.05, 0.1) is 30.8 Å². The summed E-state index contributed by atoms with van der Waals surface area (Å²) >= 11 is 1.06. The molecule has 1 saturated heterocycles. The van der Waals surface area contributed by atoms with E-state index in [2.05, 4.69) is 15.4 Å². The van der Waals surface area contributed by atoms with Crippen molar-refractivity contribution in [3.05, 3.63) is 35.4 Å². The van der Waals surface area contributed by atoms with Gasteiger partial charge in [-0.25, -0.2) is 34.1 Å². The third-order valence-electron chi connectivity index (χ3n) is 5.37. The summed E-state index contributed by atoms with van der Waals surface area (Å²) in [5.74, 6) is 4.37. The Labute approximate surface area is 200 Å². The third-order valence-corrected chi connectivity index (χ3v) is 9.41. The summed E-state index contributed by atoms with van der Waals surface area (Å²) < 4.78 is 39.6. The number of carbonyl (C=O) groups is 1. The predicted molar refractivity (Wildman–Crippen MR) is 130 cm³/mol. The lowest BCUT2D eigenvalue weighted by atomic mass is 9.96. The number of rotatable bonds is 7. The summed E-state index contributed by atoms with van der Waals surface area (Å²) in [7, 11) is -6.18. The summed E-state index contributed by atoms with van der Waals surface area (Å²) in [6.45, 7) is 0.495. The van der Waals surface area contributed by atoms with Crippen molar-refractivity contribution in [1.82, 2.24) is 15.8 Å². The number of anilines is 1. The highest BCUT2D eigenvalue weighted by Gasteiger charge is 2.37. The number of amidine groups is 1. The number of sulfone groups is 1. The summed E-state index contributed by atoms with van der Waals surface area (Å²) in [6.07, 6.45) is 0. The number of nitrogens with zero attached hydrogens (tertiary/aromatic N) is 2. The van der Waals surface area contributed by atoms with Gasteiger partial charge in [-0.1, -0.05) is 23.5 Å². The second kappa shape index (κ2) is 8.90. The molecule has 1 atom stereocenters. The number of hydrogen-bond acceptors (Lipinski definition) is 11. The van der Waals surface area contributed by atoms with Gasteiger partial charge in [-0.15, -0.1) is 5.10 Å². The van der Waals surface area contributed by atoms with Gasteiger partial charge in [-0.3, -0.25) is 4.79 Å². The number of hydrazone groups is 1. The van der Waals surface area contributed by atoms with Crippen molar-refractivity contribution in [2.45, 2.75) is 15.0 Å². The maximum Gasteiger partial charge on any atom is 0.250 e. The fourth-order valence-electron chi connectivity index (χ4n) is 3.69. The minimum absolute atomic E-state index is 0.00756. The average molecular weight is 524 g/mol. The Bertz CT molecular complexity index is 1480. The van der Waals surface area contributed by atoms with Crippen LogP contribution in [0.4, 0.5) is 5.13 Å². The molecule has 0 aliphatic carbocycles. The van der Waals surface area contributed by atoms with E-state index in [1.165, 1.54) is 18.2 Å². The number of aromatic nitrogens is 1. The topological polar surface area (TPSA) is 248 Å². The zero-order valence-electron chi connectivity index (χ0n) is 17.4. The van der Waals surface area contributed by atoms with Gasteiger partial charge in [-0.05, 0) is 17.7 Å². The van der Waals surface area contributed by atoms with Crippen molar-refractivity contribution in [3.8, 4) is 11.1 Å². The Morgan fingerprint density at radius 3 is 2.44 bits per heavy atom. The molecule has 34 heavy (non-hydrogen) atoms. The molecule has 12 N–H and O–H groups in total. The summed E-state index contributed by atoms with van der Waals surface area (Å²) in [5, 5.41) is 11.9. The quantitative estimate of drug-likeness (QED) is 0.0813. The molecule has 1 aromatic heterocycles. The minimum Gasteiger partial charge on any atom is -0.382 e. The summed E-state index contributed by atoms with van der Waals surface area (Å²) in [6, 6.07) is 5.84. The molecule has 1 aliphatic rings. The zero-order chi connectivity index (χ0) is 24.8. The Balaban J connectivity index is 2.10. The molecular formula is C18H21N9O4S3. The van der Waals surface area contributed by atoms with E-state index in [9.17, 15) is 17.4 Å². The van der Waals surface area contributed by atoms with Crippen molar-refractivity contribution < 1.29 is 17.4 Å². The predicted octanol–water partition coefficient (Wildman–Crippen LogP) is -1.55. The van der Waals surface area contributed by atoms with Crippen molar-refractivity contribution >= 4 is 59.3 Å². The lowest BCUT2D eigenvalue weighted by Gasteiger charge is -2.28. The van der Waals surface area contributed by atoms with Crippen molar-refractivity contribution in [2.24, 2.45) is 27.6 Å². The number of fused-ring (bicyclic) bond motifs is 1. The normalized spacial score (nSPS) is 15.8. The first-order valence-corrected chi connectivity index (χ1v) is 13.2. The monoisotopic (exact) mass is 523 g/mol. The lowest BCUT2D eigenvalue weighted by Crippen LogP contribution is -2.51. The van der Waals surface area contributed by atoms with Crippen LogP contribution < -0.4 is 39.0 Å². The number of nitrogens with one attached hydrogen (secondary N) is 2. The first-order valence-electron chi connectivity index (χ1n) is 9.64. The van der Waals surface area contributed by atoms with Crippen LogP contribution in [0, 0.1) is 0 Å². The molecule has 1 amide bonds. The molecule has 1 aliphatic heterocycles. The van der Waals surface area contributed by atoms with E-state index in [-0.39, 0.29) is 45.0 Å². The van der Waals surface area contributed by atoms with Crippen molar-refractivity contribution in [3.63, 3.8) is 0 Å². The van der Waals surface area contributed by atoms with Crippen LogP contribution in [0.2, 0.25) is 0 Å². The third kappa shape index (κ3) is 3.89. The largest absolute Gasteiger partial charge is 0.382 e. The van der Waals surface area contributed by atoms with E-state index < -0.39 is 32.0 Å². The van der Waals surface area contributed by atoms with Crippen molar-refractivity contribution in [2.75, 3.05) is 18.8 Å². The van der Waals surface area contributed by atoms with Gasteiger partial charge in [0, 0.05) is 24.2 Å². The van der Waals surface area contributed by atoms with E-state index in [1.54, 1.807) is 6.07 Å². The highest BCUT2D eigenvalue weighted by Crippen LogP contribution is 2.39. The molecule has 16 heteroatoms. The number of carbonyl (C=O) groups excluding carboxylic acids is 1. The van der Waals surface area contributed by atoms with Crippen LogP contribution in [0.1, 0.15) is 15.9 Å². The second-order valence-electron chi connectivity index (χ2n) is 7.32. The number of amides is 1. The Hall–Kier alpha value is -3.15. The second-order valence-corrected chi connectivity index (χ2v) is 11.5. The number of benzene rings is 2. The van der Waals surface area contributed by atoms with Crippen LogP contribution in [0.25, 0.3) is 21.3 Å². The number of thiazole rings is 1. The van der Waals surface area contributed by atoms with Gasteiger partial charge in [0.2, 0.25) is 5.91 Å². The molecule has 1 fully saturated rings. The number of hydrazine groups is 1. The lowest BCUT2D eigenvalue weighted by molar-refractivity contribution is 0.100. The van der Waals surface area contributed by atoms with E-state index in [1.807, 2.05) is 5.53 Å². The molecule has 13 nitrogen and oxygen atoms in total. The summed E-state index contributed by atoms with van der Waals surface area (Å²) in [4.78, 5) is 15.8. The van der Waals surface area contributed by atoms with Crippen LogP contribution in [-0.4, -0.2) is 47.7 Å². The minimum atomic E-state index is -3.90. The number of hydrogen-bond donors (Lipinski definition) is 7. The standard InChI is InChI=1S/C18H21N9O4S3/c19-16(26-27-22)12-8(9-1-2-10(17(20)28)14-13(9)25-18(21)32-14)3-4-11(15(12)33(23)29)34(30,31)7-5-24-6-7/h1-4,7,24,27H,5-6,22-23H2,(H2,19,26)(H2,20,28)(H2,21,25). The Kier molecular flexibility index (Phi) is 6.28. The highest BCUT2D eigenvalue weighted by atomic mass is 32.2. The van der Waals surface area contributed by atoms with Crippen LogP contribution in [-0.2, 0) is 20.8 Å². The smallest absolute Gasteiger partial charge is 0.250 e. The van der Waals surface area contributed by atoms with Gasteiger partial charge in [-0.2, -0.15) is 0 Å². The molecule has 2 heterocycles. The number of nitrogens with two attached hydrogens (primary N) is 5. The maximum atomic E-state index is 13.2. The van der Waals surface area contributed by atoms with Crippen LogP contribution in [0.15, 0.2) is 39.2 Å². The molecule has 0 spiro atoms. The van der Waals surface area contributed by atoms with E-state index in [0.29, 0.717) is 21.3 Å². The van der Waals surface area contributed by atoms with E-state index in [0.717, 1.165) is 11.3 Å². The molecule has 3 aromatic rings. The highest BCUT2D eigenvalue weighted by molar-refractivity contribution is 7.93. The average Bonchev–Trinajstić information content (AvgIpc) is 3.11. The molecular weight excluding hydrogens is 502 g/mol. The summed E-state index contributed by atoms with van der Waals surface area (Å²) in [5.41, 5.74) is 20.8. The fourth-order valence-corrected chi connectivity index (χ4v) is 7.49. The molecule has 180 valence electrons. The van der Waals surface area contributed by atoms with Crippen LogP contribution in [0.5, 0.6) is 0 Å². The first-order chi connectivity index (χ1) is 16.1. The molecule has 1 unspecified atom stereocenters. The molecule has 0 saturated carbocycles. The molecule has 2 aromatic carbocycles. The van der Waals surface area contributed by atoms with Crippen LogP contribution in [0.3, 0.4) is 0 Å². The fraction of sp³-hybridized carbons (Fsp3) is 0.167. The van der Waals surface area contributed by atoms with Crippen LogP contribution >= 0.6 is 11.3 Å². The van der Waals surface area contributed by atoms with E-state index in [4.69, 9.17) is 28.2 Å². The first kappa shape index (κ1) is 24.0. The molecule has 0 bridgehead atoms. The van der Waals surface area contributed by atoms with Gasteiger partial charge in [0.15, 0.2) is 20.8 Å². The Morgan fingerprint density at radius 1 is 1.21 bits per heavy atom. The Morgan fingerprint density at radius 2 is 1.88 bits per heavy atom. The zero-order valence-corrected chi connectivity index (χ0v) is 19.9. The molecule has 0 radical (unpaired) electrons. The SMILES string of the molecule is NN/N=C(\N)c1c(-c2ccc(C(N)=O)c3sc(N)nc23)ccc(S(=O)(=O)C2CNC2)c1S(N)=O. The number of nitrogen functional groups attached to an aromatic ring is 1. The maximum absolute atomic E-state index is 13.2. The van der Waals surface area contributed by atoms with E-state index >= 15 is 0 Å². The van der Waals surface area contributed by atoms with Crippen molar-refractivity contribution in [1.29, 1.82) is 0 Å². The van der Waals surface area contributed by atoms with Gasteiger partial charge < -0.3 is 22.5 Å².